The summed E-state index contributed by atoms with van der Waals surface area (Å²) < 4.78 is 0. The van der Waals surface area contributed by atoms with E-state index in [2.05, 4.69) is 29.2 Å². The summed E-state index contributed by atoms with van der Waals surface area (Å²) in [6, 6.07) is 8.53. The first-order valence-electron chi connectivity index (χ1n) is 7.96. The first-order chi connectivity index (χ1) is 10.3. The summed E-state index contributed by atoms with van der Waals surface area (Å²) >= 11 is 0. The fraction of sp³-hybridized carbons (Fsp3) is 0.588. The highest BCUT2D eigenvalue weighted by Crippen LogP contribution is 2.35. The molecular formula is C17H24N2O2. The molecule has 1 aliphatic heterocycles. The highest BCUT2D eigenvalue weighted by Gasteiger charge is 2.27. The number of aliphatic hydroxyl groups is 1. The maximum atomic E-state index is 12.5. The molecule has 1 N–H and O–H groups in total. The van der Waals surface area contributed by atoms with Gasteiger partial charge in [0.1, 0.15) is 0 Å². The number of β-amino-alcohol motifs (C(OH)–C–C–N with tert-alkyl or cyclic N) is 1. The molecule has 0 saturated carbocycles. The average Bonchev–Trinajstić information content (AvgIpc) is 2.92. The summed E-state index contributed by atoms with van der Waals surface area (Å²) in [5.41, 5.74) is 2.80. The highest BCUT2D eigenvalue weighted by atomic mass is 16.3. The number of carbonyl (C=O) groups excluding carboxylic acids is 1. The van der Waals surface area contributed by atoms with Crippen LogP contribution in [0.5, 0.6) is 0 Å². The van der Waals surface area contributed by atoms with Crippen LogP contribution < -0.4 is 0 Å². The maximum Gasteiger partial charge on any atom is 0.223 e. The van der Waals surface area contributed by atoms with Gasteiger partial charge < -0.3 is 10.0 Å². The number of amides is 1. The molecule has 114 valence electrons. The van der Waals surface area contributed by atoms with Gasteiger partial charge in [-0.15, -0.1) is 0 Å². The van der Waals surface area contributed by atoms with Crippen molar-refractivity contribution in [1.29, 1.82) is 0 Å². The number of carbonyl (C=O) groups is 1. The predicted octanol–water partition coefficient (Wildman–Crippen LogP) is 1.24. The van der Waals surface area contributed by atoms with Gasteiger partial charge in [-0.1, -0.05) is 24.3 Å². The van der Waals surface area contributed by atoms with Crippen LogP contribution in [0.1, 0.15) is 29.9 Å². The zero-order valence-corrected chi connectivity index (χ0v) is 12.5. The van der Waals surface area contributed by atoms with Crippen molar-refractivity contribution in [3.8, 4) is 0 Å². The molecule has 1 fully saturated rings. The lowest BCUT2D eigenvalue weighted by Crippen LogP contribution is -2.49. The molecule has 1 heterocycles. The summed E-state index contributed by atoms with van der Waals surface area (Å²) in [6.07, 6.45) is 2.87. The van der Waals surface area contributed by atoms with E-state index >= 15 is 0 Å². The van der Waals surface area contributed by atoms with E-state index in [0.717, 1.165) is 45.6 Å². The van der Waals surface area contributed by atoms with E-state index in [4.69, 9.17) is 5.11 Å². The van der Waals surface area contributed by atoms with Crippen molar-refractivity contribution in [2.75, 3.05) is 39.3 Å². The van der Waals surface area contributed by atoms with Crippen LogP contribution in [0.4, 0.5) is 0 Å². The normalized spacial score (nSPS) is 22.3. The Morgan fingerprint density at radius 1 is 1.19 bits per heavy atom. The van der Waals surface area contributed by atoms with Gasteiger partial charge in [0.25, 0.3) is 0 Å². The summed E-state index contributed by atoms with van der Waals surface area (Å²) in [6.45, 7) is 4.28. The smallest absolute Gasteiger partial charge is 0.223 e. The van der Waals surface area contributed by atoms with Crippen molar-refractivity contribution < 1.29 is 9.90 Å². The number of benzene rings is 1. The van der Waals surface area contributed by atoms with Crippen molar-refractivity contribution in [3.05, 3.63) is 35.4 Å². The van der Waals surface area contributed by atoms with Crippen molar-refractivity contribution in [2.24, 2.45) is 0 Å². The second-order valence-electron chi connectivity index (χ2n) is 6.08. The van der Waals surface area contributed by atoms with Crippen molar-refractivity contribution in [3.63, 3.8) is 0 Å². The molecule has 1 aliphatic carbocycles. The molecule has 2 aliphatic rings. The minimum Gasteiger partial charge on any atom is -0.395 e. The van der Waals surface area contributed by atoms with Gasteiger partial charge in [0, 0.05) is 39.1 Å². The van der Waals surface area contributed by atoms with Crippen molar-refractivity contribution in [2.45, 2.75) is 25.2 Å². The molecule has 3 rings (SSSR count). The number of rotatable bonds is 4. The molecule has 4 heteroatoms. The molecule has 0 aromatic heterocycles. The third-order valence-corrected chi connectivity index (χ3v) is 4.82. The Morgan fingerprint density at radius 2 is 1.95 bits per heavy atom. The molecule has 1 aromatic rings. The van der Waals surface area contributed by atoms with Crippen LogP contribution in [-0.2, 0) is 11.2 Å². The quantitative estimate of drug-likeness (QED) is 0.906. The van der Waals surface area contributed by atoms with Gasteiger partial charge in [-0.25, -0.2) is 0 Å². The van der Waals surface area contributed by atoms with Gasteiger partial charge in [0.2, 0.25) is 5.91 Å². The number of aliphatic hydroxyl groups excluding tert-OH is 1. The Labute approximate surface area is 126 Å². The minimum atomic E-state index is 0.201. The monoisotopic (exact) mass is 288 g/mol. The zero-order valence-electron chi connectivity index (χ0n) is 12.5. The number of nitrogens with zero attached hydrogens (tertiary/aromatic N) is 2. The summed E-state index contributed by atoms with van der Waals surface area (Å²) in [5.74, 6) is 0.699. The largest absolute Gasteiger partial charge is 0.395 e. The lowest BCUT2D eigenvalue weighted by Gasteiger charge is -2.34. The predicted molar refractivity (Wildman–Crippen MR) is 82.2 cm³/mol. The van der Waals surface area contributed by atoms with Crippen molar-refractivity contribution in [1.82, 2.24) is 9.80 Å². The SMILES string of the molecule is O=C(C[C@@H]1CCc2ccccc21)N1CCN(CCO)CC1. The van der Waals surface area contributed by atoms with Crippen LogP contribution in [0.3, 0.4) is 0 Å². The minimum absolute atomic E-state index is 0.201. The lowest BCUT2D eigenvalue weighted by atomic mass is 9.97. The molecule has 21 heavy (non-hydrogen) atoms. The Hall–Kier alpha value is -1.39. The average molecular weight is 288 g/mol. The Balaban J connectivity index is 1.54. The Morgan fingerprint density at radius 3 is 2.71 bits per heavy atom. The topological polar surface area (TPSA) is 43.8 Å². The number of piperazine rings is 1. The maximum absolute atomic E-state index is 12.5. The van der Waals surface area contributed by atoms with Crippen LogP contribution in [-0.4, -0.2) is 60.1 Å². The van der Waals surface area contributed by atoms with E-state index in [-0.39, 0.29) is 6.61 Å². The number of hydrogen-bond acceptors (Lipinski definition) is 3. The van der Waals surface area contributed by atoms with Gasteiger partial charge in [-0.3, -0.25) is 9.69 Å². The van der Waals surface area contributed by atoms with Crippen LogP contribution >= 0.6 is 0 Å². The fourth-order valence-electron chi connectivity index (χ4n) is 3.56. The van der Waals surface area contributed by atoms with E-state index in [1.807, 2.05) is 4.90 Å². The van der Waals surface area contributed by atoms with E-state index in [1.54, 1.807) is 0 Å². The van der Waals surface area contributed by atoms with E-state index in [1.165, 1.54) is 11.1 Å². The molecule has 4 nitrogen and oxygen atoms in total. The molecule has 1 amide bonds. The number of aryl methyl sites for hydroxylation is 1. The molecular weight excluding hydrogens is 264 g/mol. The van der Waals surface area contributed by atoms with Crippen molar-refractivity contribution >= 4 is 5.91 Å². The van der Waals surface area contributed by atoms with Crippen LogP contribution in [0, 0.1) is 0 Å². The molecule has 1 aromatic carbocycles. The van der Waals surface area contributed by atoms with Gasteiger partial charge in [0.15, 0.2) is 0 Å². The first-order valence-corrected chi connectivity index (χ1v) is 7.96. The Kier molecular flexibility index (Phi) is 4.56. The van der Waals surface area contributed by atoms with Crippen LogP contribution in [0.25, 0.3) is 0 Å². The van der Waals surface area contributed by atoms with Crippen LogP contribution in [0.15, 0.2) is 24.3 Å². The van der Waals surface area contributed by atoms with Crippen LogP contribution in [0.2, 0.25) is 0 Å². The Bertz CT molecular complexity index is 495. The molecule has 0 radical (unpaired) electrons. The number of fused-ring (bicyclic) bond motifs is 1. The molecule has 0 spiro atoms. The highest BCUT2D eigenvalue weighted by molar-refractivity contribution is 5.77. The fourth-order valence-corrected chi connectivity index (χ4v) is 3.56. The van der Waals surface area contributed by atoms with Gasteiger partial charge in [0.05, 0.1) is 6.61 Å². The zero-order chi connectivity index (χ0) is 14.7. The van der Waals surface area contributed by atoms with E-state index < -0.39 is 0 Å². The number of hydrogen-bond donors (Lipinski definition) is 1. The lowest BCUT2D eigenvalue weighted by molar-refractivity contribution is -0.133. The summed E-state index contributed by atoms with van der Waals surface area (Å²) in [4.78, 5) is 16.7. The molecule has 1 atom stereocenters. The standard InChI is InChI=1S/C17H24N2O2/c20-12-11-18-7-9-19(10-8-18)17(21)13-15-6-5-14-3-1-2-4-16(14)15/h1-4,15,20H,5-13H2/t15-/m0/s1. The second-order valence-corrected chi connectivity index (χ2v) is 6.08. The van der Waals surface area contributed by atoms with E-state index in [9.17, 15) is 4.79 Å². The van der Waals surface area contributed by atoms with Gasteiger partial charge >= 0.3 is 0 Å². The molecule has 0 bridgehead atoms. The molecule has 1 saturated heterocycles. The van der Waals surface area contributed by atoms with Gasteiger partial charge in [-0.05, 0) is 29.9 Å². The van der Waals surface area contributed by atoms with E-state index in [0.29, 0.717) is 18.2 Å². The first kappa shape index (κ1) is 14.5. The van der Waals surface area contributed by atoms with Gasteiger partial charge in [-0.2, -0.15) is 0 Å². The third-order valence-electron chi connectivity index (χ3n) is 4.82. The summed E-state index contributed by atoms with van der Waals surface area (Å²) in [5, 5.41) is 8.95. The molecule has 0 unspecified atom stereocenters. The third kappa shape index (κ3) is 3.27. The summed E-state index contributed by atoms with van der Waals surface area (Å²) in [7, 11) is 0. The second kappa shape index (κ2) is 6.58.